The van der Waals surface area contributed by atoms with Crippen LogP contribution in [0.4, 0.5) is 13.2 Å². The number of amides is 1. The Morgan fingerprint density at radius 3 is 2.68 bits per heavy atom. The van der Waals surface area contributed by atoms with Gasteiger partial charge in [-0.3, -0.25) is 9.69 Å². The molecule has 0 saturated carbocycles. The molecule has 5 nitrogen and oxygen atoms in total. The summed E-state index contributed by atoms with van der Waals surface area (Å²) in [6.07, 6.45) is -1.98. The minimum Gasteiger partial charge on any atom is -0.441 e. The fourth-order valence-corrected chi connectivity index (χ4v) is 3.45. The van der Waals surface area contributed by atoms with Gasteiger partial charge >= 0.3 is 6.18 Å². The van der Waals surface area contributed by atoms with Gasteiger partial charge in [0.2, 0.25) is 11.8 Å². The number of hydrogen-bond acceptors (Lipinski definition) is 4. The van der Waals surface area contributed by atoms with E-state index < -0.39 is 11.7 Å². The van der Waals surface area contributed by atoms with Gasteiger partial charge in [0.15, 0.2) is 0 Å². The standard InChI is InChI=1S/C20H24F3N3O2/c1-13-17(12-26-8-6-14(7-9-26)10-18(27)24-2)25-19(28-13)15-4-3-5-16(11-15)20(21,22)23/h3-5,11,14H,6-10,12H2,1-2H3,(H,24,27). The maximum atomic E-state index is 12.9. The molecular weight excluding hydrogens is 371 g/mol. The molecule has 1 saturated heterocycles. The third-order valence-corrected chi connectivity index (χ3v) is 5.16. The molecule has 0 aliphatic carbocycles. The Bertz CT molecular complexity index is 824. The summed E-state index contributed by atoms with van der Waals surface area (Å²) in [7, 11) is 1.65. The molecular formula is C20H24F3N3O2. The van der Waals surface area contributed by atoms with Crippen molar-refractivity contribution in [3.63, 3.8) is 0 Å². The van der Waals surface area contributed by atoms with Crippen molar-refractivity contribution < 1.29 is 22.4 Å². The summed E-state index contributed by atoms with van der Waals surface area (Å²) >= 11 is 0. The van der Waals surface area contributed by atoms with E-state index in [0.717, 1.165) is 43.8 Å². The van der Waals surface area contributed by atoms with Crippen LogP contribution in [0.15, 0.2) is 28.7 Å². The Morgan fingerprint density at radius 2 is 2.04 bits per heavy atom. The molecule has 0 radical (unpaired) electrons. The number of rotatable bonds is 5. The molecule has 2 heterocycles. The van der Waals surface area contributed by atoms with E-state index in [-0.39, 0.29) is 11.8 Å². The number of carbonyl (C=O) groups is 1. The predicted octanol–water partition coefficient (Wildman–Crippen LogP) is 4.02. The van der Waals surface area contributed by atoms with Crippen LogP contribution in [0, 0.1) is 12.8 Å². The fraction of sp³-hybridized carbons (Fsp3) is 0.500. The minimum atomic E-state index is -4.40. The molecule has 152 valence electrons. The zero-order chi connectivity index (χ0) is 20.3. The van der Waals surface area contributed by atoms with Crippen molar-refractivity contribution in [1.82, 2.24) is 15.2 Å². The third-order valence-electron chi connectivity index (χ3n) is 5.16. The quantitative estimate of drug-likeness (QED) is 0.831. The number of nitrogens with zero attached hydrogens (tertiary/aromatic N) is 2. The lowest BCUT2D eigenvalue weighted by atomic mass is 9.93. The van der Waals surface area contributed by atoms with Gasteiger partial charge in [-0.25, -0.2) is 4.98 Å². The predicted molar refractivity (Wildman–Crippen MR) is 98.4 cm³/mol. The van der Waals surface area contributed by atoms with Crippen molar-refractivity contribution in [3.8, 4) is 11.5 Å². The maximum absolute atomic E-state index is 12.9. The Morgan fingerprint density at radius 1 is 1.32 bits per heavy atom. The van der Waals surface area contributed by atoms with Gasteiger partial charge in [-0.15, -0.1) is 0 Å². The van der Waals surface area contributed by atoms with E-state index >= 15 is 0 Å². The first kappa shape index (κ1) is 20.4. The number of nitrogens with one attached hydrogen (secondary N) is 1. The van der Waals surface area contributed by atoms with E-state index in [2.05, 4.69) is 15.2 Å². The van der Waals surface area contributed by atoms with E-state index in [1.807, 2.05) is 0 Å². The lowest BCUT2D eigenvalue weighted by Crippen LogP contribution is -2.35. The molecule has 1 N–H and O–H groups in total. The first-order valence-corrected chi connectivity index (χ1v) is 9.33. The number of oxazole rings is 1. The van der Waals surface area contributed by atoms with Crippen LogP contribution in [-0.2, 0) is 17.5 Å². The molecule has 3 rings (SSSR count). The molecule has 1 aromatic heterocycles. The van der Waals surface area contributed by atoms with Gasteiger partial charge in [0.25, 0.3) is 0 Å². The van der Waals surface area contributed by atoms with Crippen LogP contribution >= 0.6 is 0 Å². The third kappa shape index (κ3) is 4.92. The van der Waals surface area contributed by atoms with E-state index in [1.54, 1.807) is 20.0 Å². The Hall–Kier alpha value is -2.35. The van der Waals surface area contributed by atoms with Gasteiger partial charge in [0.1, 0.15) is 5.76 Å². The van der Waals surface area contributed by atoms with Crippen LogP contribution in [0.2, 0.25) is 0 Å². The average molecular weight is 395 g/mol. The second-order valence-corrected chi connectivity index (χ2v) is 7.20. The number of piperidine rings is 1. The summed E-state index contributed by atoms with van der Waals surface area (Å²) in [6, 6.07) is 5.01. The van der Waals surface area contributed by atoms with Crippen LogP contribution in [0.5, 0.6) is 0 Å². The zero-order valence-electron chi connectivity index (χ0n) is 16.0. The van der Waals surface area contributed by atoms with E-state index in [4.69, 9.17) is 4.42 Å². The Balaban J connectivity index is 1.65. The zero-order valence-corrected chi connectivity index (χ0v) is 16.0. The normalized spacial score (nSPS) is 16.3. The Labute approximate surface area is 161 Å². The van der Waals surface area contributed by atoms with Crippen molar-refractivity contribution in [2.24, 2.45) is 5.92 Å². The molecule has 28 heavy (non-hydrogen) atoms. The Kier molecular flexibility index (Phi) is 6.07. The molecule has 1 amide bonds. The molecule has 1 aliphatic rings. The van der Waals surface area contributed by atoms with E-state index in [9.17, 15) is 18.0 Å². The number of aromatic nitrogens is 1. The first-order chi connectivity index (χ1) is 13.3. The highest BCUT2D eigenvalue weighted by Gasteiger charge is 2.31. The monoisotopic (exact) mass is 395 g/mol. The first-order valence-electron chi connectivity index (χ1n) is 9.33. The van der Waals surface area contributed by atoms with Crippen molar-refractivity contribution in [1.29, 1.82) is 0 Å². The molecule has 0 unspecified atom stereocenters. The molecule has 0 bridgehead atoms. The summed E-state index contributed by atoms with van der Waals surface area (Å²) in [6.45, 7) is 4.07. The summed E-state index contributed by atoms with van der Waals surface area (Å²) in [4.78, 5) is 18.2. The second kappa shape index (κ2) is 8.34. The van der Waals surface area contributed by atoms with E-state index in [1.165, 1.54) is 6.07 Å². The minimum absolute atomic E-state index is 0.0662. The van der Waals surface area contributed by atoms with Crippen molar-refractivity contribution >= 4 is 5.91 Å². The van der Waals surface area contributed by atoms with E-state index in [0.29, 0.717) is 30.2 Å². The van der Waals surface area contributed by atoms with Crippen molar-refractivity contribution in [2.45, 2.75) is 38.9 Å². The van der Waals surface area contributed by atoms with Gasteiger partial charge in [0.05, 0.1) is 11.3 Å². The van der Waals surface area contributed by atoms with Crippen LogP contribution < -0.4 is 5.32 Å². The highest BCUT2D eigenvalue weighted by molar-refractivity contribution is 5.75. The van der Waals surface area contributed by atoms with Gasteiger partial charge in [0, 0.05) is 25.6 Å². The number of likely N-dealkylation sites (tertiary alicyclic amines) is 1. The van der Waals surface area contributed by atoms with Crippen LogP contribution in [0.25, 0.3) is 11.5 Å². The van der Waals surface area contributed by atoms with Crippen LogP contribution in [-0.4, -0.2) is 35.9 Å². The smallest absolute Gasteiger partial charge is 0.416 e. The van der Waals surface area contributed by atoms with Gasteiger partial charge in [-0.1, -0.05) is 6.07 Å². The summed E-state index contributed by atoms with van der Waals surface area (Å²) in [5.41, 5.74) is 0.325. The molecule has 2 aromatic rings. The molecule has 1 fully saturated rings. The highest BCUT2D eigenvalue weighted by atomic mass is 19.4. The summed E-state index contributed by atoms with van der Waals surface area (Å²) in [5, 5.41) is 2.66. The summed E-state index contributed by atoms with van der Waals surface area (Å²) < 4.78 is 44.4. The molecule has 0 atom stereocenters. The van der Waals surface area contributed by atoms with Gasteiger partial charge in [-0.2, -0.15) is 13.2 Å². The van der Waals surface area contributed by atoms with Crippen LogP contribution in [0.3, 0.4) is 0 Å². The fourth-order valence-electron chi connectivity index (χ4n) is 3.45. The van der Waals surface area contributed by atoms with Crippen molar-refractivity contribution in [3.05, 3.63) is 41.3 Å². The average Bonchev–Trinajstić information content (AvgIpc) is 3.03. The number of aryl methyl sites for hydroxylation is 1. The largest absolute Gasteiger partial charge is 0.441 e. The van der Waals surface area contributed by atoms with Crippen molar-refractivity contribution in [2.75, 3.05) is 20.1 Å². The topological polar surface area (TPSA) is 58.4 Å². The SMILES string of the molecule is CNC(=O)CC1CCN(Cc2nc(-c3cccc(C(F)(F)F)c3)oc2C)CC1. The molecule has 1 aromatic carbocycles. The maximum Gasteiger partial charge on any atom is 0.416 e. The van der Waals surface area contributed by atoms with Gasteiger partial charge in [-0.05, 0) is 57.0 Å². The number of alkyl halides is 3. The van der Waals surface area contributed by atoms with Gasteiger partial charge < -0.3 is 9.73 Å². The highest BCUT2D eigenvalue weighted by Crippen LogP contribution is 2.32. The number of carbonyl (C=O) groups excluding carboxylic acids is 1. The van der Waals surface area contributed by atoms with Crippen LogP contribution in [0.1, 0.15) is 36.3 Å². The molecule has 0 spiro atoms. The molecule has 8 heteroatoms. The lowest BCUT2D eigenvalue weighted by molar-refractivity contribution is -0.137. The second-order valence-electron chi connectivity index (χ2n) is 7.20. The number of hydrogen-bond donors (Lipinski definition) is 1. The molecule has 1 aliphatic heterocycles. The number of halogens is 3. The lowest BCUT2D eigenvalue weighted by Gasteiger charge is -2.31. The summed E-state index contributed by atoms with van der Waals surface area (Å²) in [5.74, 6) is 1.26. The number of benzene rings is 1.